The van der Waals surface area contributed by atoms with Gasteiger partial charge in [0.25, 0.3) is 0 Å². The lowest BCUT2D eigenvalue weighted by molar-refractivity contribution is 0.407. The molecule has 0 spiro atoms. The number of likely N-dealkylation sites (tertiary alicyclic amines) is 1. The number of hydrogen-bond acceptors (Lipinski definition) is 4. The standard InChI is InChI=1S/C11H14BrClFN3O2S/c1-17-3-2-6(5-17)16-20(18,19)8-4-7(13)9(12)11(15)10(8)14/h4,6,16H,2-3,5,15H2,1H3. The quantitative estimate of drug-likeness (QED) is 0.614. The molecule has 0 aromatic heterocycles. The lowest BCUT2D eigenvalue weighted by Gasteiger charge is -2.15. The molecule has 1 unspecified atom stereocenters. The van der Waals surface area contributed by atoms with Crippen LogP contribution in [0.5, 0.6) is 0 Å². The van der Waals surface area contributed by atoms with Crippen molar-refractivity contribution in [3.63, 3.8) is 0 Å². The number of nitrogen functional groups attached to an aromatic ring is 1. The van der Waals surface area contributed by atoms with Crippen molar-refractivity contribution in [1.82, 2.24) is 9.62 Å². The van der Waals surface area contributed by atoms with Crippen molar-refractivity contribution in [3.05, 3.63) is 21.4 Å². The van der Waals surface area contributed by atoms with Crippen molar-refractivity contribution in [1.29, 1.82) is 0 Å². The average Bonchev–Trinajstić information content (AvgIpc) is 2.75. The van der Waals surface area contributed by atoms with Gasteiger partial charge in [0.15, 0.2) is 5.82 Å². The Balaban J connectivity index is 2.35. The minimum atomic E-state index is -4.00. The van der Waals surface area contributed by atoms with E-state index in [-0.39, 0.29) is 21.2 Å². The first-order valence-corrected chi connectivity index (χ1v) is 8.51. The number of rotatable bonds is 3. The van der Waals surface area contributed by atoms with E-state index in [0.29, 0.717) is 13.0 Å². The number of halogens is 3. The average molecular weight is 387 g/mol. The first-order chi connectivity index (χ1) is 9.22. The van der Waals surface area contributed by atoms with Gasteiger partial charge < -0.3 is 10.6 Å². The van der Waals surface area contributed by atoms with E-state index in [0.717, 1.165) is 12.6 Å². The molecule has 5 nitrogen and oxygen atoms in total. The summed E-state index contributed by atoms with van der Waals surface area (Å²) in [6.45, 7) is 1.37. The summed E-state index contributed by atoms with van der Waals surface area (Å²) in [5.41, 5.74) is 5.19. The van der Waals surface area contributed by atoms with Crippen LogP contribution < -0.4 is 10.5 Å². The third kappa shape index (κ3) is 3.09. The molecule has 1 fully saturated rings. The first kappa shape index (κ1) is 16.0. The van der Waals surface area contributed by atoms with Crippen molar-refractivity contribution < 1.29 is 12.8 Å². The number of likely N-dealkylation sites (N-methyl/N-ethyl adjacent to an activating group) is 1. The first-order valence-electron chi connectivity index (χ1n) is 5.86. The molecule has 3 N–H and O–H groups in total. The van der Waals surface area contributed by atoms with Gasteiger partial charge in [-0.3, -0.25) is 0 Å². The number of hydrogen-bond donors (Lipinski definition) is 2. The highest BCUT2D eigenvalue weighted by Gasteiger charge is 2.29. The van der Waals surface area contributed by atoms with Gasteiger partial charge in [-0.15, -0.1) is 0 Å². The number of sulfonamides is 1. The van der Waals surface area contributed by atoms with Crippen LogP contribution in [0.2, 0.25) is 5.02 Å². The zero-order valence-corrected chi connectivity index (χ0v) is 13.8. The lowest BCUT2D eigenvalue weighted by Crippen LogP contribution is -2.37. The molecule has 2 rings (SSSR count). The van der Waals surface area contributed by atoms with Crippen molar-refractivity contribution in [2.24, 2.45) is 0 Å². The molecule has 0 amide bonds. The number of anilines is 1. The van der Waals surface area contributed by atoms with Crippen LogP contribution in [0.15, 0.2) is 15.4 Å². The number of nitrogens with zero attached hydrogens (tertiary/aromatic N) is 1. The monoisotopic (exact) mass is 385 g/mol. The van der Waals surface area contributed by atoms with E-state index in [1.54, 1.807) is 0 Å². The van der Waals surface area contributed by atoms with Gasteiger partial charge in [-0.25, -0.2) is 17.5 Å². The van der Waals surface area contributed by atoms with Crippen LogP contribution in [-0.4, -0.2) is 39.5 Å². The summed E-state index contributed by atoms with van der Waals surface area (Å²) < 4.78 is 41.1. The molecule has 1 aromatic carbocycles. The van der Waals surface area contributed by atoms with E-state index >= 15 is 0 Å². The molecular weight excluding hydrogens is 373 g/mol. The second kappa shape index (κ2) is 5.76. The summed E-state index contributed by atoms with van der Waals surface area (Å²) in [5, 5.41) is 0.0489. The zero-order valence-electron chi connectivity index (χ0n) is 10.7. The van der Waals surface area contributed by atoms with Gasteiger partial charge in [0.05, 0.1) is 15.2 Å². The fourth-order valence-electron chi connectivity index (χ4n) is 2.11. The Labute approximate surface area is 130 Å². The largest absolute Gasteiger partial charge is 0.395 e. The molecule has 0 aliphatic carbocycles. The van der Waals surface area contributed by atoms with Crippen LogP contribution in [0.25, 0.3) is 0 Å². The SMILES string of the molecule is CN1CCC(NS(=O)(=O)c2cc(Cl)c(Br)c(N)c2F)C1. The minimum Gasteiger partial charge on any atom is -0.395 e. The van der Waals surface area contributed by atoms with Gasteiger partial charge in [0, 0.05) is 12.6 Å². The molecule has 20 heavy (non-hydrogen) atoms. The summed E-state index contributed by atoms with van der Waals surface area (Å²) in [4.78, 5) is 1.46. The Morgan fingerprint density at radius 3 is 2.80 bits per heavy atom. The maximum atomic E-state index is 14.0. The highest BCUT2D eigenvalue weighted by Crippen LogP contribution is 2.34. The number of nitrogens with two attached hydrogens (primary N) is 1. The molecule has 1 atom stereocenters. The second-order valence-electron chi connectivity index (χ2n) is 4.77. The third-order valence-corrected chi connectivity index (χ3v) is 6.06. The maximum absolute atomic E-state index is 14.0. The molecular formula is C11H14BrClFN3O2S. The molecule has 0 bridgehead atoms. The molecule has 1 saturated heterocycles. The summed E-state index contributed by atoms with van der Waals surface area (Å²) in [5.74, 6) is -1.000. The van der Waals surface area contributed by atoms with Gasteiger partial charge in [-0.05, 0) is 42.0 Å². The summed E-state index contributed by atoms with van der Waals surface area (Å²) >= 11 is 8.85. The topological polar surface area (TPSA) is 75.4 Å². The van der Waals surface area contributed by atoms with E-state index in [4.69, 9.17) is 17.3 Å². The fourth-order valence-corrected chi connectivity index (χ4v) is 4.05. The molecule has 0 radical (unpaired) electrons. The van der Waals surface area contributed by atoms with Crippen LogP contribution in [0, 0.1) is 5.82 Å². The maximum Gasteiger partial charge on any atom is 0.243 e. The van der Waals surface area contributed by atoms with Crippen LogP contribution in [-0.2, 0) is 10.0 Å². The van der Waals surface area contributed by atoms with E-state index in [9.17, 15) is 12.8 Å². The second-order valence-corrected chi connectivity index (χ2v) is 7.65. The van der Waals surface area contributed by atoms with Gasteiger partial charge in [0.2, 0.25) is 10.0 Å². The van der Waals surface area contributed by atoms with Crippen molar-refractivity contribution in [3.8, 4) is 0 Å². The van der Waals surface area contributed by atoms with Gasteiger partial charge in [-0.2, -0.15) is 0 Å². The smallest absolute Gasteiger partial charge is 0.243 e. The molecule has 9 heteroatoms. The number of nitrogens with one attached hydrogen (secondary N) is 1. The predicted octanol–water partition coefficient (Wildman–Crippen LogP) is 1.81. The van der Waals surface area contributed by atoms with E-state index in [1.807, 2.05) is 11.9 Å². The molecule has 0 saturated carbocycles. The van der Waals surface area contributed by atoms with Crippen LogP contribution >= 0.6 is 27.5 Å². The predicted molar refractivity (Wildman–Crippen MR) is 79.7 cm³/mol. The van der Waals surface area contributed by atoms with Crippen molar-refractivity contribution >= 4 is 43.2 Å². The van der Waals surface area contributed by atoms with E-state index in [1.165, 1.54) is 0 Å². The van der Waals surface area contributed by atoms with E-state index in [2.05, 4.69) is 20.7 Å². The highest BCUT2D eigenvalue weighted by atomic mass is 79.9. The molecule has 1 aliphatic rings. The molecule has 112 valence electrons. The Hall–Kier alpha value is -0.410. The minimum absolute atomic E-state index is 0.0489. The molecule has 1 aliphatic heterocycles. The Morgan fingerprint density at radius 2 is 2.25 bits per heavy atom. The Morgan fingerprint density at radius 1 is 1.60 bits per heavy atom. The Kier molecular flexibility index (Phi) is 4.60. The summed E-state index contributed by atoms with van der Waals surface area (Å²) in [6.07, 6.45) is 0.678. The van der Waals surface area contributed by atoms with Crippen molar-refractivity contribution in [2.75, 3.05) is 25.9 Å². The number of benzene rings is 1. The van der Waals surface area contributed by atoms with Crippen LogP contribution in [0.1, 0.15) is 6.42 Å². The summed E-state index contributed by atoms with van der Waals surface area (Å²) in [7, 11) is -2.10. The van der Waals surface area contributed by atoms with Gasteiger partial charge in [0.1, 0.15) is 4.90 Å². The third-order valence-electron chi connectivity index (χ3n) is 3.16. The highest BCUT2D eigenvalue weighted by molar-refractivity contribution is 9.10. The fraction of sp³-hybridized carbons (Fsp3) is 0.455. The van der Waals surface area contributed by atoms with Crippen molar-refractivity contribution in [2.45, 2.75) is 17.4 Å². The van der Waals surface area contributed by atoms with Crippen LogP contribution in [0.4, 0.5) is 10.1 Å². The van der Waals surface area contributed by atoms with Gasteiger partial charge >= 0.3 is 0 Å². The molecule has 1 aromatic rings. The summed E-state index contributed by atoms with van der Waals surface area (Å²) in [6, 6.07) is 0.811. The Bertz CT molecular complexity index is 641. The molecule has 1 heterocycles. The normalized spacial score (nSPS) is 20.5. The van der Waals surface area contributed by atoms with E-state index < -0.39 is 20.7 Å². The van der Waals surface area contributed by atoms with Crippen LogP contribution in [0.3, 0.4) is 0 Å². The lowest BCUT2D eigenvalue weighted by atomic mass is 10.3. The van der Waals surface area contributed by atoms with Gasteiger partial charge in [-0.1, -0.05) is 11.6 Å². The zero-order chi connectivity index (χ0) is 15.1.